The summed E-state index contributed by atoms with van der Waals surface area (Å²) in [5.41, 5.74) is -1.24. The molecule has 3 nitrogen and oxygen atoms in total. The molecule has 102 valence electrons. The Morgan fingerprint density at radius 2 is 1.89 bits per heavy atom. The Labute approximate surface area is 114 Å². The van der Waals surface area contributed by atoms with Crippen molar-refractivity contribution in [3.05, 3.63) is 52.3 Å². The van der Waals surface area contributed by atoms with Crippen LogP contribution < -0.4 is 0 Å². The lowest BCUT2D eigenvalue weighted by Gasteiger charge is -2.25. The third kappa shape index (κ3) is 2.48. The molecule has 0 aliphatic heterocycles. The molecular weight excluding hydrogens is 274 g/mol. The van der Waals surface area contributed by atoms with Gasteiger partial charge in [-0.1, -0.05) is 11.6 Å². The summed E-state index contributed by atoms with van der Waals surface area (Å²) in [5, 5.41) is 14.9. The first-order valence-electron chi connectivity index (χ1n) is 5.77. The second-order valence-electron chi connectivity index (χ2n) is 4.39. The summed E-state index contributed by atoms with van der Waals surface area (Å²) in [5.74, 6) is -1.51. The molecule has 0 aliphatic rings. The molecule has 2 aromatic rings. The molecule has 1 aromatic heterocycles. The molecule has 0 fully saturated rings. The van der Waals surface area contributed by atoms with Crippen LogP contribution in [-0.4, -0.2) is 14.9 Å². The molecule has 0 spiro atoms. The van der Waals surface area contributed by atoms with Gasteiger partial charge in [-0.25, -0.2) is 8.78 Å². The SMILES string of the molecule is CCn1ncc(Cl)c1C(C)(O)c1cc(F)cc(F)c1. The predicted octanol–water partition coefficient (Wildman–Crippen LogP) is 3.09. The van der Waals surface area contributed by atoms with Crippen LogP contribution in [0.15, 0.2) is 24.4 Å². The summed E-state index contributed by atoms with van der Waals surface area (Å²) in [6.07, 6.45) is 1.39. The van der Waals surface area contributed by atoms with Gasteiger partial charge in [-0.05, 0) is 31.5 Å². The standard InChI is InChI=1S/C13H13ClF2N2O/c1-3-18-12(11(14)7-17-18)13(2,19)8-4-9(15)6-10(16)5-8/h4-7,19H,3H2,1-2H3. The van der Waals surface area contributed by atoms with E-state index < -0.39 is 17.2 Å². The van der Waals surface area contributed by atoms with E-state index in [0.29, 0.717) is 12.2 Å². The molecule has 19 heavy (non-hydrogen) atoms. The van der Waals surface area contributed by atoms with Gasteiger partial charge in [0.25, 0.3) is 0 Å². The molecule has 0 saturated carbocycles. The Kier molecular flexibility index (Phi) is 3.60. The van der Waals surface area contributed by atoms with Gasteiger partial charge in [-0.2, -0.15) is 5.10 Å². The molecule has 0 radical (unpaired) electrons. The van der Waals surface area contributed by atoms with E-state index in [4.69, 9.17) is 11.6 Å². The van der Waals surface area contributed by atoms with E-state index in [2.05, 4.69) is 5.10 Å². The summed E-state index contributed by atoms with van der Waals surface area (Å²) in [7, 11) is 0. The van der Waals surface area contributed by atoms with Gasteiger partial charge in [0.15, 0.2) is 0 Å². The minimum absolute atomic E-state index is 0.0853. The van der Waals surface area contributed by atoms with E-state index in [1.165, 1.54) is 17.8 Å². The van der Waals surface area contributed by atoms with Crippen LogP contribution in [-0.2, 0) is 12.1 Å². The lowest BCUT2D eigenvalue weighted by Crippen LogP contribution is -2.27. The first-order valence-corrected chi connectivity index (χ1v) is 6.14. The maximum absolute atomic E-state index is 13.3. The Bertz CT molecular complexity index is 590. The average Bonchev–Trinajstić information content (AvgIpc) is 2.69. The Hall–Kier alpha value is -1.46. The zero-order chi connectivity index (χ0) is 14.2. The van der Waals surface area contributed by atoms with Crippen LogP contribution in [0.1, 0.15) is 25.1 Å². The Balaban J connectivity index is 2.60. The third-order valence-corrected chi connectivity index (χ3v) is 3.26. The topological polar surface area (TPSA) is 38.0 Å². The van der Waals surface area contributed by atoms with E-state index in [-0.39, 0.29) is 10.6 Å². The second kappa shape index (κ2) is 4.90. The fraction of sp³-hybridized carbons (Fsp3) is 0.308. The van der Waals surface area contributed by atoms with Gasteiger partial charge in [-0.15, -0.1) is 0 Å². The van der Waals surface area contributed by atoms with Crippen LogP contribution in [0, 0.1) is 11.6 Å². The first-order chi connectivity index (χ1) is 8.86. The highest BCUT2D eigenvalue weighted by Crippen LogP contribution is 2.34. The van der Waals surface area contributed by atoms with E-state index in [0.717, 1.165) is 18.2 Å². The molecule has 0 aliphatic carbocycles. The smallest absolute Gasteiger partial charge is 0.130 e. The van der Waals surface area contributed by atoms with Crippen LogP contribution in [0.25, 0.3) is 0 Å². The number of rotatable bonds is 3. The van der Waals surface area contributed by atoms with Crippen molar-refractivity contribution in [1.82, 2.24) is 9.78 Å². The van der Waals surface area contributed by atoms with Crippen LogP contribution in [0.3, 0.4) is 0 Å². The summed E-state index contributed by atoms with van der Waals surface area (Å²) in [4.78, 5) is 0. The highest BCUT2D eigenvalue weighted by molar-refractivity contribution is 6.31. The van der Waals surface area contributed by atoms with Gasteiger partial charge in [-0.3, -0.25) is 4.68 Å². The molecule has 1 aromatic carbocycles. The maximum atomic E-state index is 13.3. The fourth-order valence-electron chi connectivity index (χ4n) is 2.06. The quantitative estimate of drug-likeness (QED) is 0.941. The van der Waals surface area contributed by atoms with Crippen molar-refractivity contribution in [2.45, 2.75) is 26.0 Å². The predicted molar refractivity (Wildman–Crippen MR) is 67.9 cm³/mol. The van der Waals surface area contributed by atoms with E-state index in [9.17, 15) is 13.9 Å². The molecule has 0 amide bonds. The summed E-state index contributed by atoms with van der Waals surface area (Å²) in [6, 6.07) is 2.90. The third-order valence-electron chi connectivity index (χ3n) is 2.98. The van der Waals surface area contributed by atoms with E-state index in [1.807, 2.05) is 6.92 Å². The number of nitrogens with zero attached hydrogens (tertiary/aromatic N) is 2. The maximum Gasteiger partial charge on any atom is 0.130 e. The summed E-state index contributed by atoms with van der Waals surface area (Å²) < 4.78 is 28.0. The molecule has 1 atom stereocenters. The lowest BCUT2D eigenvalue weighted by atomic mass is 9.92. The van der Waals surface area contributed by atoms with Gasteiger partial charge >= 0.3 is 0 Å². The van der Waals surface area contributed by atoms with Crippen LogP contribution in [0.2, 0.25) is 5.02 Å². The van der Waals surface area contributed by atoms with Gasteiger partial charge in [0.2, 0.25) is 0 Å². The molecule has 0 bridgehead atoms. The minimum atomic E-state index is -1.63. The molecule has 1 unspecified atom stereocenters. The van der Waals surface area contributed by atoms with Gasteiger partial charge in [0.1, 0.15) is 17.2 Å². The van der Waals surface area contributed by atoms with Crippen molar-refractivity contribution in [1.29, 1.82) is 0 Å². The highest BCUT2D eigenvalue weighted by atomic mass is 35.5. The van der Waals surface area contributed by atoms with Crippen molar-refractivity contribution in [3.8, 4) is 0 Å². The highest BCUT2D eigenvalue weighted by Gasteiger charge is 2.33. The zero-order valence-electron chi connectivity index (χ0n) is 10.5. The van der Waals surface area contributed by atoms with Gasteiger partial charge in [0, 0.05) is 12.6 Å². The number of halogens is 3. The molecule has 1 N–H and O–H groups in total. The zero-order valence-corrected chi connectivity index (χ0v) is 11.2. The van der Waals surface area contributed by atoms with Crippen molar-refractivity contribution in [3.63, 3.8) is 0 Å². The average molecular weight is 287 g/mol. The van der Waals surface area contributed by atoms with Gasteiger partial charge < -0.3 is 5.11 Å². The normalized spacial score (nSPS) is 14.4. The van der Waals surface area contributed by atoms with Crippen molar-refractivity contribution >= 4 is 11.6 Å². The Morgan fingerprint density at radius 1 is 1.32 bits per heavy atom. The van der Waals surface area contributed by atoms with Crippen LogP contribution in [0.5, 0.6) is 0 Å². The number of hydrogen-bond acceptors (Lipinski definition) is 2. The number of aromatic nitrogens is 2. The number of aliphatic hydroxyl groups is 1. The Morgan fingerprint density at radius 3 is 2.42 bits per heavy atom. The van der Waals surface area contributed by atoms with E-state index in [1.54, 1.807) is 0 Å². The van der Waals surface area contributed by atoms with Crippen LogP contribution >= 0.6 is 11.6 Å². The van der Waals surface area contributed by atoms with Crippen LogP contribution in [0.4, 0.5) is 8.78 Å². The molecular formula is C13H13ClF2N2O. The van der Waals surface area contributed by atoms with Crippen molar-refractivity contribution < 1.29 is 13.9 Å². The second-order valence-corrected chi connectivity index (χ2v) is 4.79. The molecule has 6 heteroatoms. The molecule has 0 saturated heterocycles. The minimum Gasteiger partial charge on any atom is -0.379 e. The first kappa shape index (κ1) is 14.0. The molecule has 1 heterocycles. The fourth-order valence-corrected chi connectivity index (χ4v) is 2.38. The number of hydrogen-bond donors (Lipinski definition) is 1. The number of benzene rings is 1. The molecule has 2 rings (SSSR count). The van der Waals surface area contributed by atoms with E-state index >= 15 is 0 Å². The summed E-state index contributed by atoms with van der Waals surface area (Å²) in [6.45, 7) is 3.74. The van der Waals surface area contributed by atoms with Crippen molar-refractivity contribution in [2.24, 2.45) is 0 Å². The number of aryl methyl sites for hydroxylation is 1. The lowest BCUT2D eigenvalue weighted by molar-refractivity contribution is 0.0911. The monoisotopic (exact) mass is 286 g/mol. The summed E-state index contributed by atoms with van der Waals surface area (Å²) >= 11 is 6.01. The van der Waals surface area contributed by atoms with Gasteiger partial charge in [0.05, 0.1) is 16.9 Å². The largest absolute Gasteiger partial charge is 0.379 e. The van der Waals surface area contributed by atoms with Crippen molar-refractivity contribution in [2.75, 3.05) is 0 Å².